The van der Waals surface area contributed by atoms with Gasteiger partial charge in [-0.15, -0.1) is 0 Å². The molecule has 1 aromatic carbocycles. The van der Waals surface area contributed by atoms with Crippen LogP contribution in [0.5, 0.6) is 0 Å². The molecule has 0 radical (unpaired) electrons. The monoisotopic (exact) mass is 550 g/mol. The second-order valence-electron chi connectivity index (χ2n) is 7.54. The molecule has 0 saturated carbocycles. The Labute approximate surface area is 213 Å². The zero-order valence-electron chi connectivity index (χ0n) is 18.6. The molecule has 0 fully saturated rings. The van der Waals surface area contributed by atoms with Crippen molar-refractivity contribution >= 4 is 79.0 Å². The summed E-state index contributed by atoms with van der Waals surface area (Å²) in [5.41, 5.74) is -2.20. The number of benzene rings is 1. The number of thioether (sulfide) groups is 2. The van der Waals surface area contributed by atoms with Crippen LogP contribution >= 0.6 is 48.0 Å². The molecule has 7 nitrogen and oxygen atoms in total. The predicted molar refractivity (Wildman–Crippen MR) is 139 cm³/mol. The first-order valence-corrected chi connectivity index (χ1v) is 12.4. The van der Waals surface area contributed by atoms with Crippen LogP contribution < -0.4 is 0 Å². The molecule has 0 amide bonds. The van der Waals surface area contributed by atoms with Crippen LogP contribution in [0.25, 0.3) is 10.9 Å². The summed E-state index contributed by atoms with van der Waals surface area (Å²) in [4.78, 5) is 30.9. The number of aromatic nitrogens is 1. The van der Waals surface area contributed by atoms with E-state index < -0.39 is 34.1 Å². The molecule has 0 aliphatic carbocycles. The number of non-ortho nitro benzene ring substituents is 1. The molecule has 0 atom stereocenters. The number of nitro groups is 1. The molecule has 1 aromatic heterocycles. The van der Waals surface area contributed by atoms with Crippen molar-refractivity contribution in [3.05, 3.63) is 45.6 Å². The molecule has 0 bridgehead atoms. The van der Waals surface area contributed by atoms with Gasteiger partial charge in [0.2, 0.25) is 0 Å². The number of halogens is 3. The first-order valence-electron chi connectivity index (χ1n) is 9.60. The number of Topliss-reactive ketones (excluding diaryl/α,β-unsaturated/α-hetero) is 1. The highest BCUT2D eigenvalue weighted by atomic mass is 32.2. The molecule has 0 spiro atoms. The van der Waals surface area contributed by atoms with Crippen LogP contribution in [0.4, 0.5) is 18.9 Å². The number of thiocarbonyl (C=S) groups is 2. The van der Waals surface area contributed by atoms with Crippen molar-refractivity contribution in [3.8, 4) is 0 Å². The maximum atomic E-state index is 13.6. The van der Waals surface area contributed by atoms with Crippen LogP contribution in [-0.4, -0.2) is 73.8 Å². The van der Waals surface area contributed by atoms with E-state index in [9.17, 15) is 28.1 Å². The molecule has 0 saturated heterocycles. The van der Waals surface area contributed by atoms with Crippen LogP contribution in [0, 0.1) is 16.0 Å². The highest BCUT2D eigenvalue weighted by Crippen LogP contribution is 2.37. The second kappa shape index (κ2) is 11.6. The number of nitro benzene ring substituents is 1. The van der Waals surface area contributed by atoms with Crippen molar-refractivity contribution in [1.82, 2.24) is 14.8 Å². The van der Waals surface area contributed by atoms with Crippen molar-refractivity contribution in [2.45, 2.75) is 6.18 Å². The number of carbonyl (C=O) groups excluding carboxylic acids is 1. The normalized spacial score (nSPS) is 11.5. The summed E-state index contributed by atoms with van der Waals surface area (Å²) in [6.45, 7) is 0. The summed E-state index contributed by atoms with van der Waals surface area (Å²) in [5, 5.41) is 10.7. The molecule has 0 aliphatic heterocycles. The number of fused-ring (bicyclic) bond motifs is 1. The Hall–Kier alpha value is -2.03. The molecule has 184 valence electrons. The van der Waals surface area contributed by atoms with E-state index in [1.807, 2.05) is 0 Å². The zero-order chi connectivity index (χ0) is 25.8. The average Bonchev–Trinajstić information content (AvgIpc) is 2.76. The third kappa shape index (κ3) is 7.23. The van der Waals surface area contributed by atoms with E-state index in [0.717, 1.165) is 18.3 Å². The lowest BCUT2D eigenvalue weighted by Gasteiger charge is -2.20. The number of hydrogen-bond donors (Lipinski definition) is 0. The minimum atomic E-state index is -4.87. The molecule has 2 aromatic rings. The van der Waals surface area contributed by atoms with Crippen LogP contribution in [-0.2, 0) is 6.18 Å². The highest BCUT2D eigenvalue weighted by molar-refractivity contribution is 8.23. The standard InChI is InChI=1S/C20H21F3N4O3S4/c1-25(2)18(31)33-9-12(10-34-19(32)26(3)4)17(28)11-5-14-15(20(21,22)23)6-13(27(29)30)7-16(14)24-8-11/h5-8,12H,9-10H2,1-4H3. The number of alkyl halides is 3. The van der Waals surface area contributed by atoms with E-state index in [4.69, 9.17) is 24.4 Å². The van der Waals surface area contributed by atoms with Gasteiger partial charge in [0, 0.05) is 74.9 Å². The van der Waals surface area contributed by atoms with Gasteiger partial charge >= 0.3 is 6.18 Å². The Morgan fingerprint density at radius 3 is 2.06 bits per heavy atom. The van der Waals surface area contributed by atoms with Crippen LogP contribution in [0.1, 0.15) is 15.9 Å². The first-order chi connectivity index (χ1) is 15.7. The van der Waals surface area contributed by atoms with Crippen molar-refractivity contribution < 1.29 is 22.9 Å². The van der Waals surface area contributed by atoms with E-state index >= 15 is 0 Å². The van der Waals surface area contributed by atoms with Gasteiger partial charge in [-0.3, -0.25) is 19.9 Å². The maximum Gasteiger partial charge on any atom is 0.417 e. The fourth-order valence-corrected chi connectivity index (χ4v) is 5.03. The van der Waals surface area contributed by atoms with Crippen LogP contribution in [0.3, 0.4) is 0 Å². The number of hydrogen-bond acceptors (Lipinski definition) is 8. The minimum Gasteiger partial charge on any atom is -0.364 e. The first kappa shape index (κ1) is 28.2. The summed E-state index contributed by atoms with van der Waals surface area (Å²) >= 11 is 13.1. The quantitative estimate of drug-likeness (QED) is 0.201. The van der Waals surface area contributed by atoms with Crippen molar-refractivity contribution in [2.24, 2.45) is 5.92 Å². The maximum absolute atomic E-state index is 13.6. The van der Waals surface area contributed by atoms with Gasteiger partial charge in [-0.05, 0) is 6.07 Å². The molecule has 14 heteroatoms. The largest absolute Gasteiger partial charge is 0.417 e. The lowest BCUT2D eigenvalue weighted by atomic mass is 9.98. The SMILES string of the molecule is CN(C)C(=S)SCC(CSC(=S)N(C)C)C(=O)c1cnc2cc([N+](=O)[O-])cc(C(F)(F)F)c2c1. The van der Waals surface area contributed by atoms with Crippen LogP contribution in [0.2, 0.25) is 0 Å². The zero-order valence-corrected chi connectivity index (χ0v) is 21.8. The van der Waals surface area contributed by atoms with Crippen molar-refractivity contribution in [3.63, 3.8) is 0 Å². The summed E-state index contributed by atoms with van der Waals surface area (Å²) in [7, 11) is 7.08. The van der Waals surface area contributed by atoms with E-state index in [1.165, 1.54) is 23.5 Å². The smallest absolute Gasteiger partial charge is 0.364 e. The third-order valence-corrected chi connectivity index (χ3v) is 8.30. The van der Waals surface area contributed by atoms with E-state index in [0.29, 0.717) is 26.2 Å². The van der Waals surface area contributed by atoms with Gasteiger partial charge in [-0.25, -0.2) is 0 Å². The Morgan fingerprint density at radius 1 is 1.09 bits per heavy atom. The van der Waals surface area contributed by atoms with Crippen molar-refractivity contribution in [1.29, 1.82) is 0 Å². The van der Waals surface area contributed by atoms with E-state index in [-0.39, 0.29) is 16.5 Å². The molecule has 0 aliphatic rings. The van der Waals surface area contributed by atoms with Crippen molar-refractivity contribution in [2.75, 3.05) is 39.7 Å². The van der Waals surface area contributed by atoms with Gasteiger partial charge in [0.15, 0.2) is 5.78 Å². The molecule has 1 heterocycles. The summed E-state index contributed by atoms with van der Waals surface area (Å²) in [6.07, 6.45) is -3.72. The molecule has 0 N–H and O–H groups in total. The average molecular weight is 551 g/mol. The lowest BCUT2D eigenvalue weighted by Crippen LogP contribution is -2.25. The topological polar surface area (TPSA) is 79.6 Å². The van der Waals surface area contributed by atoms with Crippen LogP contribution in [0.15, 0.2) is 24.4 Å². The fourth-order valence-electron chi connectivity index (χ4n) is 2.73. The Morgan fingerprint density at radius 2 is 1.62 bits per heavy atom. The van der Waals surface area contributed by atoms with Gasteiger partial charge in [0.25, 0.3) is 5.69 Å². The number of pyridine rings is 1. The Balaban J connectivity index is 2.47. The molecular formula is C20H21F3N4O3S4. The van der Waals surface area contributed by atoms with E-state index in [1.54, 1.807) is 38.0 Å². The molecule has 2 rings (SSSR count). The number of ketones is 1. The van der Waals surface area contributed by atoms with Gasteiger partial charge in [0.05, 0.1) is 16.0 Å². The molecule has 34 heavy (non-hydrogen) atoms. The predicted octanol–water partition coefficient (Wildman–Crippen LogP) is 5.12. The number of carbonyl (C=O) groups is 1. The van der Waals surface area contributed by atoms with Gasteiger partial charge in [0.1, 0.15) is 8.64 Å². The van der Waals surface area contributed by atoms with Gasteiger partial charge in [-0.1, -0.05) is 48.0 Å². The van der Waals surface area contributed by atoms with Gasteiger partial charge < -0.3 is 9.80 Å². The molecule has 0 unspecified atom stereocenters. The van der Waals surface area contributed by atoms with Gasteiger partial charge in [-0.2, -0.15) is 13.2 Å². The Kier molecular flexibility index (Phi) is 9.62. The highest BCUT2D eigenvalue weighted by Gasteiger charge is 2.35. The third-order valence-electron chi connectivity index (χ3n) is 4.50. The van der Waals surface area contributed by atoms with E-state index in [2.05, 4.69) is 4.98 Å². The Bertz CT molecular complexity index is 1100. The molecular weight excluding hydrogens is 530 g/mol. The lowest BCUT2D eigenvalue weighted by molar-refractivity contribution is -0.385. The summed E-state index contributed by atoms with van der Waals surface area (Å²) < 4.78 is 42.0. The fraction of sp³-hybridized carbons (Fsp3) is 0.400. The number of rotatable bonds is 7. The summed E-state index contributed by atoms with van der Waals surface area (Å²) in [5.74, 6) is -0.437. The summed E-state index contributed by atoms with van der Waals surface area (Å²) in [6, 6.07) is 2.49. The number of nitrogens with zero attached hydrogens (tertiary/aromatic N) is 4. The second-order valence-corrected chi connectivity index (χ2v) is 10.9. The minimum absolute atomic E-state index is 0.0235.